The number of nitrogens with zero attached hydrogens (tertiary/aromatic N) is 3. The number of aryl methyl sites for hydroxylation is 1. The number of rotatable bonds is 7. The van der Waals surface area contributed by atoms with Gasteiger partial charge in [-0.2, -0.15) is 0 Å². The van der Waals surface area contributed by atoms with Crippen LogP contribution in [0.4, 0.5) is 0 Å². The van der Waals surface area contributed by atoms with Gasteiger partial charge in [-0.1, -0.05) is 29.8 Å². The van der Waals surface area contributed by atoms with Gasteiger partial charge in [0.2, 0.25) is 0 Å². The van der Waals surface area contributed by atoms with Crippen LogP contribution in [0.25, 0.3) is 5.57 Å². The molecule has 4 rings (SSSR count). The van der Waals surface area contributed by atoms with Crippen molar-refractivity contribution in [2.24, 2.45) is 18.0 Å². The molecular weight excluding hydrogens is 398 g/mol. The van der Waals surface area contributed by atoms with Gasteiger partial charge in [-0.05, 0) is 31.4 Å². The van der Waals surface area contributed by atoms with E-state index in [1.165, 1.54) is 6.21 Å². The number of imidazole rings is 1. The van der Waals surface area contributed by atoms with Crippen LogP contribution in [0.5, 0.6) is 0 Å². The minimum absolute atomic E-state index is 0.142. The zero-order valence-corrected chi connectivity index (χ0v) is 17.8. The molecule has 154 valence electrons. The molecule has 30 heavy (non-hydrogen) atoms. The largest absolute Gasteiger partial charge is 0.385 e. The number of nitrogens with one attached hydrogen (secondary N) is 2. The van der Waals surface area contributed by atoms with E-state index in [9.17, 15) is 4.79 Å². The predicted octanol–water partition coefficient (Wildman–Crippen LogP) is 3.82. The van der Waals surface area contributed by atoms with Crippen LogP contribution in [0.3, 0.4) is 0 Å². The molecule has 0 unspecified atom stereocenters. The Morgan fingerprint density at radius 2 is 2.10 bits per heavy atom. The minimum Gasteiger partial charge on any atom is -0.385 e. The Labute approximate surface area is 180 Å². The van der Waals surface area contributed by atoms with Crippen molar-refractivity contribution < 1.29 is 4.79 Å². The molecular formula is C23H24ClN5O. The quantitative estimate of drug-likeness (QED) is 0.526. The standard InChI is InChI=1S/C23H24ClN5O/c1-14(28-16-7-15(8-16)12-30)18(9-25)19-10-26-23(17-5-3-4-6-20(17)24)22(19)21-11-29(2)13-27-21/h3-6,9,11-13,15-16,25,28H,7-8,10H2,1-2H3/b18-14+,25-9?. The van der Waals surface area contributed by atoms with Crippen molar-refractivity contribution in [3.05, 3.63) is 69.9 Å². The molecule has 1 fully saturated rings. The highest BCUT2D eigenvalue weighted by molar-refractivity contribution is 6.41. The summed E-state index contributed by atoms with van der Waals surface area (Å²) in [6, 6.07) is 7.92. The van der Waals surface area contributed by atoms with Crippen molar-refractivity contribution in [2.45, 2.75) is 25.8 Å². The topological polar surface area (TPSA) is 83.1 Å². The van der Waals surface area contributed by atoms with Crippen LogP contribution in [0.1, 0.15) is 31.0 Å². The zero-order valence-electron chi connectivity index (χ0n) is 17.0. The lowest BCUT2D eigenvalue weighted by molar-refractivity contribution is -0.113. The van der Waals surface area contributed by atoms with Gasteiger partial charge in [0.1, 0.15) is 6.29 Å². The molecule has 1 aromatic carbocycles. The van der Waals surface area contributed by atoms with E-state index in [0.717, 1.165) is 58.5 Å². The Bertz CT molecular complexity index is 1090. The minimum atomic E-state index is 0.142. The van der Waals surface area contributed by atoms with Crippen LogP contribution in [0.15, 0.2) is 58.6 Å². The molecule has 0 radical (unpaired) electrons. The maximum absolute atomic E-state index is 10.9. The lowest BCUT2D eigenvalue weighted by atomic mass is 9.81. The molecule has 0 amide bonds. The maximum atomic E-state index is 10.9. The van der Waals surface area contributed by atoms with Crippen LogP contribution in [0.2, 0.25) is 5.02 Å². The van der Waals surface area contributed by atoms with E-state index in [0.29, 0.717) is 11.6 Å². The lowest BCUT2D eigenvalue weighted by Gasteiger charge is -2.33. The highest BCUT2D eigenvalue weighted by atomic mass is 35.5. The first-order chi connectivity index (χ1) is 14.5. The molecule has 7 heteroatoms. The first-order valence-electron chi connectivity index (χ1n) is 9.96. The molecule has 1 saturated carbocycles. The molecule has 0 saturated heterocycles. The number of allylic oxidation sites excluding steroid dienone is 2. The third-order valence-electron chi connectivity index (χ3n) is 5.68. The summed E-state index contributed by atoms with van der Waals surface area (Å²) in [5.41, 5.74) is 6.04. The number of carbonyl (C=O) groups is 1. The number of aromatic nitrogens is 2. The van der Waals surface area contributed by atoms with E-state index in [-0.39, 0.29) is 12.0 Å². The second kappa shape index (κ2) is 8.40. The fourth-order valence-electron chi connectivity index (χ4n) is 4.07. The number of carbonyl (C=O) groups excluding carboxylic acids is 1. The molecule has 0 bridgehead atoms. The van der Waals surface area contributed by atoms with Crippen molar-refractivity contribution in [3.8, 4) is 0 Å². The molecule has 2 aromatic rings. The molecule has 0 spiro atoms. The average molecular weight is 422 g/mol. The number of hydrogen-bond acceptors (Lipinski definition) is 5. The summed E-state index contributed by atoms with van der Waals surface area (Å²) in [7, 11) is 1.93. The summed E-state index contributed by atoms with van der Waals surface area (Å²) in [4.78, 5) is 20.3. The van der Waals surface area contributed by atoms with E-state index in [1.807, 2.05) is 49.0 Å². The number of aliphatic imine (C=N–C) groups is 1. The van der Waals surface area contributed by atoms with Crippen molar-refractivity contribution >= 4 is 35.4 Å². The van der Waals surface area contributed by atoms with Gasteiger partial charge in [-0.15, -0.1) is 0 Å². The van der Waals surface area contributed by atoms with E-state index < -0.39 is 0 Å². The smallest absolute Gasteiger partial charge is 0.123 e. The van der Waals surface area contributed by atoms with E-state index in [1.54, 1.807) is 6.33 Å². The molecule has 1 aromatic heterocycles. The number of halogens is 1. The Balaban J connectivity index is 1.77. The second-order valence-electron chi connectivity index (χ2n) is 7.81. The third-order valence-corrected chi connectivity index (χ3v) is 6.01. The summed E-state index contributed by atoms with van der Waals surface area (Å²) >= 11 is 6.48. The summed E-state index contributed by atoms with van der Waals surface area (Å²) in [5.74, 6) is 0.142. The van der Waals surface area contributed by atoms with Gasteiger partial charge in [0, 0.05) is 58.8 Å². The van der Waals surface area contributed by atoms with Crippen LogP contribution < -0.4 is 5.32 Å². The molecule has 2 N–H and O–H groups in total. The zero-order chi connectivity index (χ0) is 21.3. The Hall–Kier alpha value is -2.99. The summed E-state index contributed by atoms with van der Waals surface area (Å²) in [6.45, 7) is 2.43. The third kappa shape index (κ3) is 3.75. The summed E-state index contributed by atoms with van der Waals surface area (Å²) < 4.78 is 1.90. The molecule has 0 atom stereocenters. The summed E-state index contributed by atoms with van der Waals surface area (Å²) in [5, 5.41) is 12.2. The van der Waals surface area contributed by atoms with E-state index in [4.69, 9.17) is 22.0 Å². The van der Waals surface area contributed by atoms with Gasteiger partial charge >= 0.3 is 0 Å². The first kappa shape index (κ1) is 20.3. The first-order valence-corrected chi connectivity index (χ1v) is 10.3. The molecule has 1 aliphatic heterocycles. The number of aldehydes is 1. The van der Waals surface area contributed by atoms with Crippen LogP contribution in [-0.2, 0) is 11.8 Å². The van der Waals surface area contributed by atoms with Crippen LogP contribution in [-0.4, -0.2) is 40.4 Å². The molecule has 1 aliphatic carbocycles. The number of benzene rings is 1. The Morgan fingerprint density at radius 1 is 1.33 bits per heavy atom. The fourth-order valence-corrected chi connectivity index (χ4v) is 4.29. The SMILES string of the molecule is C/C(NC1CC(C=O)C1)=C(/C=N)C1=C(c2cn(C)cn2)C(c2ccccc2Cl)=NC1. The average Bonchev–Trinajstić information content (AvgIpc) is 3.31. The van der Waals surface area contributed by atoms with Crippen molar-refractivity contribution in [2.75, 3.05) is 6.54 Å². The van der Waals surface area contributed by atoms with Gasteiger partial charge in [0.25, 0.3) is 0 Å². The van der Waals surface area contributed by atoms with E-state index >= 15 is 0 Å². The molecule has 2 aliphatic rings. The van der Waals surface area contributed by atoms with Gasteiger partial charge in [0.15, 0.2) is 0 Å². The van der Waals surface area contributed by atoms with Crippen molar-refractivity contribution in [1.29, 1.82) is 5.41 Å². The molecule has 6 nitrogen and oxygen atoms in total. The monoisotopic (exact) mass is 421 g/mol. The van der Waals surface area contributed by atoms with Gasteiger partial charge in [-0.25, -0.2) is 4.98 Å². The maximum Gasteiger partial charge on any atom is 0.123 e. The predicted molar refractivity (Wildman–Crippen MR) is 120 cm³/mol. The Morgan fingerprint density at radius 3 is 2.73 bits per heavy atom. The molecule has 2 heterocycles. The van der Waals surface area contributed by atoms with Gasteiger partial charge in [0.05, 0.1) is 24.3 Å². The fraction of sp³-hybridized carbons (Fsp3) is 0.304. The van der Waals surface area contributed by atoms with Gasteiger partial charge < -0.3 is 20.1 Å². The highest BCUT2D eigenvalue weighted by Crippen LogP contribution is 2.35. The second-order valence-corrected chi connectivity index (χ2v) is 8.22. The van der Waals surface area contributed by atoms with Crippen molar-refractivity contribution in [3.63, 3.8) is 0 Å². The summed E-state index contributed by atoms with van der Waals surface area (Å²) in [6.07, 6.45) is 7.78. The number of hydrogen-bond donors (Lipinski definition) is 2. The van der Waals surface area contributed by atoms with Crippen LogP contribution in [0, 0.1) is 11.3 Å². The van der Waals surface area contributed by atoms with Crippen molar-refractivity contribution in [1.82, 2.24) is 14.9 Å². The van der Waals surface area contributed by atoms with E-state index in [2.05, 4.69) is 10.3 Å². The van der Waals surface area contributed by atoms with Crippen LogP contribution >= 0.6 is 11.6 Å². The Kier molecular flexibility index (Phi) is 5.68. The normalized spacial score (nSPS) is 21.6. The highest BCUT2D eigenvalue weighted by Gasteiger charge is 2.31. The van der Waals surface area contributed by atoms with Gasteiger partial charge in [-0.3, -0.25) is 4.99 Å². The lowest BCUT2D eigenvalue weighted by Crippen LogP contribution is -2.41.